The number of amides is 1. The molecule has 0 aromatic heterocycles. The van der Waals surface area contributed by atoms with E-state index in [2.05, 4.69) is 39.1 Å². The van der Waals surface area contributed by atoms with Crippen LogP contribution in [0.4, 0.5) is 5.69 Å². The van der Waals surface area contributed by atoms with Crippen LogP contribution in [-0.4, -0.2) is 49.3 Å². The third-order valence-electron chi connectivity index (χ3n) is 6.00. The van der Waals surface area contributed by atoms with E-state index in [1.165, 1.54) is 17.4 Å². The first-order valence-electron chi connectivity index (χ1n) is 11.6. The summed E-state index contributed by atoms with van der Waals surface area (Å²) in [7, 11) is 1.62. The number of aliphatic imine (C=N–C) groups is 1. The summed E-state index contributed by atoms with van der Waals surface area (Å²) < 4.78 is 11.5. The van der Waals surface area contributed by atoms with Crippen LogP contribution in [0.3, 0.4) is 0 Å². The highest BCUT2D eigenvalue weighted by Crippen LogP contribution is 2.34. The summed E-state index contributed by atoms with van der Waals surface area (Å²) in [6.07, 6.45) is 1.87. The first-order chi connectivity index (χ1) is 17.2. The van der Waals surface area contributed by atoms with E-state index >= 15 is 0 Å². The molecule has 0 N–H and O–H groups in total. The van der Waals surface area contributed by atoms with Gasteiger partial charge in [-0.05, 0) is 53.2 Å². The van der Waals surface area contributed by atoms with E-state index in [-0.39, 0.29) is 5.91 Å². The quantitative estimate of drug-likeness (QED) is 0.455. The highest BCUT2D eigenvalue weighted by Gasteiger charge is 2.28. The standard InChI is InChI=1S/C28H27N3O3S/c1-33-25-18-22(12-13-24(25)34-20-21-8-4-2-5-9-21)19-26-27(32)29-28(35-26)31-16-14-30(15-17-31)23-10-6-3-7-11-23/h2-13,18-19H,14-17,20H2,1H3/b26-19+. The highest BCUT2D eigenvalue weighted by molar-refractivity contribution is 8.18. The van der Waals surface area contributed by atoms with E-state index in [4.69, 9.17) is 9.47 Å². The minimum Gasteiger partial charge on any atom is -0.493 e. The van der Waals surface area contributed by atoms with Crippen molar-refractivity contribution in [2.24, 2.45) is 4.99 Å². The van der Waals surface area contributed by atoms with E-state index in [0.29, 0.717) is 23.0 Å². The number of thioether (sulfide) groups is 1. The molecule has 0 aliphatic carbocycles. The number of benzene rings is 3. The first kappa shape index (κ1) is 23.1. The smallest absolute Gasteiger partial charge is 0.286 e. The van der Waals surface area contributed by atoms with E-state index < -0.39 is 0 Å². The van der Waals surface area contributed by atoms with Crippen LogP contribution < -0.4 is 14.4 Å². The summed E-state index contributed by atoms with van der Waals surface area (Å²) in [4.78, 5) is 22.1. The van der Waals surface area contributed by atoms with Gasteiger partial charge in [0.05, 0.1) is 12.0 Å². The van der Waals surface area contributed by atoms with Gasteiger partial charge in [-0.3, -0.25) is 4.79 Å². The molecule has 0 saturated carbocycles. The molecule has 1 fully saturated rings. The third kappa shape index (κ3) is 5.52. The van der Waals surface area contributed by atoms with Crippen LogP contribution in [0.15, 0.2) is 88.8 Å². The van der Waals surface area contributed by atoms with Crippen molar-refractivity contribution >= 4 is 34.6 Å². The van der Waals surface area contributed by atoms with Gasteiger partial charge in [-0.25, -0.2) is 0 Å². The predicted octanol–water partition coefficient (Wildman–Crippen LogP) is 5.07. The molecular weight excluding hydrogens is 458 g/mol. The average molecular weight is 486 g/mol. The number of carbonyl (C=O) groups excluding carboxylic acids is 1. The van der Waals surface area contributed by atoms with Crippen molar-refractivity contribution in [3.8, 4) is 11.5 Å². The topological polar surface area (TPSA) is 54.4 Å². The number of hydrogen-bond acceptors (Lipinski definition) is 6. The molecule has 3 aromatic rings. The van der Waals surface area contributed by atoms with Crippen LogP contribution in [0, 0.1) is 0 Å². The van der Waals surface area contributed by atoms with Crippen molar-refractivity contribution in [1.29, 1.82) is 0 Å². The van der Waals surface area contributed by atoms with Crippen molar-refractivity contribution in [2.45, 2.75) is 6.61 Å². The molecule has 2 aliphatic rings. The largest absolute Gasteiger partial charge is 0.493 e. The maximum absolute atomic E-state index is 12.6. The Balaban J connectivity index is 1.21. The molecule has 1 amide bonds. The highest BCUT2D eigenvalue weighted by atomic mass is 32.2. The van der Waals surface area contributed by atoms with Crippen molar-refractivity contribution in [1.82, 2.24) is 4.90 Å². The van der Waals surface area contributed by atoms with Crippen LogP contribution in [-0.2, 0) is 11.4 Å². The summed E-state index contributed by atoms with van der Waals surface area (Å²) in [6.45, 7) is 3.93. The second kappa shape index (κ2) is 10.7. The number of carbonyl (C=O) groups is 1. The molecule has 0 unspecified atom stereocenters. The first-order valence-corrected chi connectivity index (χ1v) is 12.4. The van der Waals surface area contributed by atoms with E-state index in [1.807, 2.05) is 60.7 Å². The minimum absolute atomic E-state index is 0.196. The Morgan fingerprint density at radius 3 is 2.29 bits per heavy atom. The van der Waals surface area contributed by atoms with E-state index in [1.54, 1.807) is 7.11 Å². The van der Waals surface area contributed by atoms with Crippen LogP contribution in [0.2, 0.25) is 0 Å². The number of anilines is 1. The second-order valence-electron chi connectivity index (χ2n) is 8.30. The molecule has 5 rings (SSSR count). The normalized spacial score (nSPS) is 17.0. The predicted molar refractivity (Wildman–Crippen MR) is 142 cm³/mol. The Kier molecular flexibility index (Phi) is 7.04. The van der Waals surface area contributed by atoms with Gasteiger partial charge in [-0.15, -0.1) is 0 Å². The lowest BCUT2D eigenvalue weighted by molar-refractivity contribution is -0.113. The molecule has 3 aromatic carbocycles. The zero-order chi connectivity index (χ0) is 24.0. The van der Waals surface area contributed by atoms with Crippen molar-refractivity contribution in [3.05, 3.63) is 94.9 Å². The van der Waals surface area contributed by atoms with Gasteiger partial charge in [0, 0.05) is 31.9 Å². The Labute approximate surface area is 209 Å². The molecule has 2 heterocycles. The zero-order valence-corrected chi connectivity index (χ0v) is 20.4. The molecule has 7 heteroatoms. The van der Waals surface area contributed by atoms with Gasteiger partial charge < -0.3 is 19.3 Å². The maximum atomic E-state index is 12.6. The molecule has 2 aliphatic heterocycles. The number of para-hydroxylation sites is 1. The number of amidine groups is 1. The summed E-state index contributed by atoms with van der Waals surface area (Å²) in [5.41, 5.74) is 3.19. The van der Waals surface area contributed by atoms with Crippen molar-refractivity contribution in [2.75, 3.05) is 38.2 Å². The van der Waals surface area contributed by atoms with Crippen LogP contribution in [0.1, 0.15) is 11.1 Å². The molecule has 0 bridgehead atoms. The van der Waals surface area contributed by atoms with Crippen molar-refractivity contribution in [3.63, 3.8) is 0 Å². The SMILES string of the molecule is COc1cc(/C=C2/SC(N3CCN(c4ccccc4)CC3)=NC2=O)ccc1OCc1ccccc1. The fraction of sp³-hybridized carbons (Fsp3) is 0.214. The van der Waals surface area contributed by atoms with Gasteiger partial charge in [0.2, 0.25) is 0 Å². The minimum atomic E-state index is -0.196. The molecule has 0 spiro atoms. The van der Waals surface area contributed by atoms with Crippen molar-refractivity contribution < 1.29 is 14.3 Å². The summed E-state index contributed by atoms with van der Waals surface area (Å²) in [6, 6.07) is 26.1. The van der Waals surface area contributed by atoms with Gasteiger partial charge >= 0.3 is 0 Å². The fourth-order valence-electron chi connectivity index (χ4n) is 4.11. The Bertz CT molecular complexity index is 1240. The number of ether oxygens (including phenoxy) is 2. The molecule has 178 valence electrons. The number of methoxy groups -OCH3 is 1. The number of rotatable bonds is 6. The summed E-state index contributed by atoms with van der Waals surface area (Å²) >= 11 is 1.44. The fourth-order valence-corrected chi connectivity index (χ4v) is 5.07. The lowest BCUT2D eigenvalue weighted by atomic mass is 10.2. The van der Waals surface area contributed by atoms with Crippen LogP contribution in [0.5, 0.6) is 11.5 Å². The molecule has 1 saturated heterocycles. The maximum Gasteiger partial charge on any atom is 0.286 e. The number of piperazine rings is 1. The molecular formula is C28H27N3O3S. The zero-order valence-electron chi connectivity index (χ0n) is 19.6. The molecule has 35 heavy (non-hydrogen) atoms. The van der Waals surface area contributed by atoms with Gasteiger partial charge in [-0.1, -0.05) is 54.6 Å². The number of nitrogens with zero attached hydrogens (tertiary/aromatic N) is 3. The second-order valence-corrected chi connectivity index (χ2v) is 9.31. The lowest BCUT2D eigenvalue weighted by Crippen LogP contribution is -2.47. The molecule has 0 radical (unpaired) electrons. The number of hydrogen-bond donors (Lipinski definition) is 0. The van der Waals surface area contributed by atoms with Gasteiger partial charge in [0.1, 0.15) is 6.61 Å². The van der Waals surface area contributed by atoms with Crippen LogP contribution >= 0.6 is 11.8 Å². The summed E-state index contributed by atoms with van der Waals surface area (Å²) in [5, 5.41) is 0.781. The molecule has 0 atom stereocenters. The Hall–Kier alpha value is -3.71. The average Bonchev–Trinajstić information content (AvgIpc) is 3.28. The third-order valence-corrected chi connectivity index (χ3v) is 7.05. The van der Waals surface area contributed by atoms with Crippen LogP contribution in [0.25, 0.3) is 6.08 Å². The van der Waals surface area contributed by atoms with Gasteiger partial charge in [-0.2, -0.15) is 4.99 Å². The van der Waals surface area contributed by atoms with Gasteiger partial charge in [0.25, 0.3) is 5.91 Å². The lowest BCUT2D eigenvalue weighted by Gasteiger charge is -2.36. The van der Waals surface area contributed by atoms with Gasteiger partial charge in [0.15, 0.2) is 16.7 Å². The summed E-state index contributed by atoms with van der Waals surface area (Å²) in [5.74, 6) is 1.10. The monoisotopic (exact) mass is 485 g/mol. The molecule has 6 nitrogen and oxygen atoms in total. The van der Waals surface area contributed by atoms with E-state index in [9.17, 15) is 4.79 Å². The Morgan fingerprint density at radius 2 is 1.57 bits per heavy atom. The Morgan fingerprint density at radius 1 is 0.886 bits per heavy atom. The van der Waals surface area contributed by atoms with E-state index in [0.717, 1.165) is 42.5 Å².